The molecule has 0 radical (unpaired) electrons. The average Bonchev–Trinajstić information content (AvgIpc) is 2.94. The predicted octanol–water partition coefficient (Wildman–Crippen LogP) is 0.924. The van der Waals surface area contributed by atoms with E-state index < -0.39 is 0 Å². The van der Waals surface area contributed by atoms with E-state index in [2.05, 4.69) is 32.0 Å². The summed E-state index contributed by atoms with van der Waals surface area (Å²) in [6.07, 6.45) is 1.87. The van der Waals surface area contributed by atoms with E-state index in [1.54, 1.807) is 4.57 Å². The highest BCUT2D eigenvalue weighted by molar-refractivity contribution is 5.05. The number of hydrogen-bond acceptors (Lipinski definition) is 5. The maximum atomic E-state index is 11.7. The molecule has 3 rings (SSSR count). The molecule has 1 saturated heterocycles. The van der Waals surface area contributed by atoms with E-state index in [1.165, 1.54) is 6.07 Å². The fourth-order valence-electron chi connectivity index (χ4n) is 3.47. The molecule has 0 aromatic carbocycles. The third-order valence-electron chi connectivity index (χ3n) is 4.83. The van der Waals surface area contributed by atoms with Gasteiger partial charge in [0.2, 0.25) is 0 Å². The van der Waals surface area contributed by atoms with Crippen LogP contribution in [-0.2, 0) is 6.54 Å². The molecule has 2 aromatic heterocycles. The number of H-pyrrole nitrogens is 2. The Morgan fingerprint density at radius 2 is 2.04 bits per heavy atom. The molecule has 1 unspecified atom stereocenters. The van der Waals surface area contributed by atoms with Crippen LogP contribution in [0, 0.1) is 6.92 Å². The fraction of sp³-hybridized carbons (Fsp3) is 0.625. The first kappa shape index (κ1) is 16.6. The van der Waals surface area contributed by atoms with Gasteiger partial charge in [0.1, 0.15) is 11.6 Å². The average molecular weight is 332 g/mol. The molecule has 130 valence electrons. The van der Waals surface area contributed by atoms with Gasteiger partial charge in [0, 0.05) is 24.2 Å². The zero-order valence-corrected chi connectivity index (χ0v) is 14.4. The molecule has 1 fully saturated rings. The second kappa shape index (κ2) is 6.72. The summed E-state index contributed by atoms with van der Waals surface area (Å²) in [5, 5.41) is 6.76. The normalized spacial score (nSPS) is 18.0. The zero-order valence-electron chi connectivity index (χ0n) is 14.4. The molecule has 1 aliphatic heterocycles. The van der Waals surface area contributed by atoms with Crippen LogP contribution in [0.15, 0.2) is 15.7 Å². The molecule has 0 aliphatic carbocycles. The monoisotopic (exact) mass is 332 g/mol. The minimum absolute atomic E-state index is 0.0612. The summed E-state index contributed by atoms with van der Waals surface area (Å²) in [5.41, 5.74) is 0.492. The Morgan fingerprint density at radius 3 is 2.67 bits per heavy atom. The van der Waals surface area contributed by atoms with E-state index in [9.17, 15) is 9.59 Å². The van der Waals surface area contributed by atoms with Crippen molar-refractivity contribution in [1.82, 2.24) is 29.6 Å². The van der Waals surface area contributed by atoms with Gasteiger partial charge in [-0.25, -0.2) is 14.9 Å². The van der Waals surface area contributed by atoms with E-state index in [1.807, 2.05) is 13.8 Å². The fourth-order valence-corrected chi connectivity index (χ4v) is 3.47. The summed E-state index contributed by atoms with van der Waals surface area (Å²) in [6.45, 7) is 8.25. The minimum Gasteiger partial charge on any atom is -0.309 e. The molecule has 8 heteroatoms. The summed E-state index contributed by atoms with van der Waals surface area (Å²) >= 11 is 0. The number of aryl methyl sites for hydroxylation is 1. The number of piperidine rings is 1. The minimum atomic E-state index is -0.134. The number of nitrogens with one attached hydrogen (secondary N) is 2. The number of aromatic amines is 2. The van der Waals surface area contributed by atoms with Gasteiger partial charge in [-0.3, -0.25) is 14.3 Å². The quantitative estimate of drug-likeness (QED) is 0.867. The lowest BCUT2D eigenvalue weighted by Gasteiger charge is -2.35. The molecule has 8 nitrogen and oxygen atoms in total. The molecular weight excluding hydrogens is 308 g/mol. The van der Waals surface area contributed by atoms with Crippen LogP contribution in [0.4, 0.5) is 0 Å². The number of rotatable bonds is 4. The molecule has 1 aliphatic rings. The van der Waals surface area contributed by atoms with Crippen molar-refractivity contribution >= 4 is 0 Å². The maximum Gasteiger partial charge on any atom is 0.343 e. The highest BCUT2D eigenvalue weighted by Crippen LogP contribution is 2.29. The summed E-state index contributed by atoms with van der Waals surface area (Å²) < 4.78 is 1.71. The highest BCUT2D eigenvalue weighted by Gasteiger charge is 2.28. The number of likely N-dealkylation sites (tertiary alicyclic amines) is 1. The van der Waals surface area contributed by atoms with Crippen molar-refractivity contribution in [2.45, 2.75) is 52.1 Å². The van der Waals surface area contributed by atoms with E-state index in [-0.39, 0.29) is 23.2 Å². The SMILES string of the molecule is CCn1c(C2CCN(C(C)c3nc(C)cc(=O)[nH]3)CC2)n[nH]c1=O. The van der Waals surface area contributed by atoms with Crippen molar-refractivity contribution in [2.75, 3.05) is 13.1 Å². The first-order valence-electron chi connectivity index (χ1n) is 8.46. The molecule has 0 saturated carbocycles. The van der Waals surface area contributed by atoms with Crippen molar-refractivity contribution < 1.29 is 0 Å². The number of nitrogens with zero attached hydrogens (tertiary/aromatic N) is 4. The molecule has 0 amide bonds. The van der Waals surface area contributed by atoms with Gasteiger partial charge < -0.3 is 4.98 Å². The van der Waals surface area contributed by atoms with Gasteiger partial charge in [-0.15, -0.1) is 0 Å². The first-order valence-corrected chi connectivity index (χ1v) is 8.46. The topological polar surface area (TPSA) is 99.7 Å². The van der Waals surface area contributed by atoms with Crippen LogP contribution in [0.1, 0.15) is 56.0 Å². The first-order chi connectivity index (χ1) is 11.5. The summed E-state index contributed by atoms with van der Waals surface area (Å²) in [7, 11) is 0. The molecule has 24 heavy (non-hydrogen) atoms. The molecule has 2 aromatic rings. The summed E-state index contributed by atoms with van der Waals surface area (Å²) in [6, 6.07) is 1.57. The van der Waals surface area contributed by atoms with Gasteiger partial charge in [0.05, 0.1) is 6.04 Å². The molecule has 0 bridgehead atoms. The van der Waals surface area contributed by atoms with Gasteiger partial charge in [-0.05, 0) is 46.7 Å². The largest absolute Gasteiger partial charge is 0.343 e. The molecule has 3 heterocycles. The Balaban J connectivity index is 1.70. The molecule has 2 N–H and O–H groups in total. The second-order valence-corrected chi connectivity index (χ2v) is 6.39. The third kappa shape index (κ3) is 3.19. The number of aromatic nitrogens is 5. The third-order valence-corrected chi connectivity index (χ3v) is 4.83. The Hall–Kier alpha value is -2.22. The van der Waals surface area contributed by atoms with Crippen LogP contribution in [0.25, 0.3) is 0 Å². The van der Waals surface area contributed by atoms with Crippen LogP contribution >= 0.6 is 0 Å². The Kier molecular flexibility index (Phi) is 4.66. The van der Waals surface area contributed by atoms with Crippen molar-refractivity contribution in [1.29, 1.82) is 0 Å². The highest BCUT2D eigenvalue weighted by atomic mass is 16.1. The van der Waals surface area contributed by atoms with Gasteiger partial charge >= 0.3 is 5.69 Å². The summed E-state index contributed by atoms with van der Waals surface area (Å²) in [4.78, 5) is 33.0. The maximum absolute atomic E-state index is 11.7. The second-order valence-electron chi connectivity index (χ2n) is 6.39. The lowest BCUT2D eigenvalue weighted by atomic mass is 9.95. The van der Waals surface area contributed by atoms with Crippen molar-refractivity contribution in [3.05, 3.63) is 44.2 Å². The van der Waals surface area contributed by atoms with E-state index in [0.717, 1.165) is 37.4 Å². The van der Waals surface area contributed by atoms with Crippen LogP contribution in [0.5, 0.6) is 0 Å². The smallest absolute Gasteiger partial charge is 0.309 e. The Labute approximate surface area is 139 Å². The van der Waals surface area contributed by atoms with Gasteiger partial charge in [0.25, 0.3) is 5.56 Å². The van der Waals surface area contributed by atoms with E-state index in [0.29, 0.717) is 12.4 Å². The van der Waals surface area contributed by atoms with Crippen LogP contribution in [-0.4, -0.2) is 42.7 Å². The standard InChI is InChI=1S/C16H24N6O2/c1-4-22-15(19-20-16(22)24)12-5-7-21(8-6-12)11(3)14-17-10(2)9-13(23)18-14/h9,11-12H,4-8H2,1-3H3,(H,20,24)(H,17,18,23). The Bertz CT molecular complexity index is 812. The van der Waals surface area contributed by atoms with E-state index >= 15 is 0 Å². The van der Waals surface area contributed by atoms with Crippen LogP contribution in [0.3, 0.4) is 0 Å². The van der Waals surface area contributed by atoms with E-state index in [4.69, 9.17) is 0 Å². The summed E-state index contributed by atoms with van der Waals surface area (Å²) in [5.74, 6) is 1.86. The van der Waals surface area contributed by atoms with Crippen molar-refractivity contribution in [3.63, 3.8) is 0 Å². The Morgan fingerprint density at radius 1 is 1.33 bits per heavy atom. The van der Waals surface area contributed by atoms with Crippen molar-refractivity contribution in [3.8, 4) is 0 Å². The van der Waals surface area contributed by atoms with Crippen molar-refractivity contribution in [2.24, 2.45) is 0 Å². The van der Waals surface area contributed by atoms with Gasteiger partial charge in [-0.1, -0.05) is 0 Å². The molecular formula is C16H24N6O2. The molecule has 1 atom stereocenters. The zero-order chi connectivity index (χ0) is 17.3. The van der Waals surface area contributed by atoms with Gasteiger partial charge in [0.15, 0.2) is 0 Å². The number of hydrogen-bond donors (Lipinski definition) is 2. The predicted molar refractivity (Wildman–Crippen MR) is 90.1 cm³/mol. The lowest BCUT2D eigenvalue weighted by molar-refractivity contribution is 0.153. The lowest BCUT2D eigenvalue weighted by Crippen LogP contribution is -2.37. The van der Waals surface area contributed by atoms with Crippen LogP contribution in [0.2, 0.25) is 0 Å². The molecule has 0 spiro atoms. The van der Waals surface area contributed by atoms with Crippen LogP contribution < -0.4 is 11.2 Å². The van der Waals surface area contributed by atoms with Gasteiger partial charge in [-0.2, -0.15) is 5.10 Å².